The first-order valence-corrected chi connectivity index (χ1v) is 9.76. The van der Waals surface area contributed by atoms with Crippen LogP contribution >= 0.6 is 0 Å². The number of carbonyl (C=O) groups is 1. The number of nitrogens with one attached hydrogen (secondary N) is 1. The summed E-state index contributed by atoms with van der Waals surface area (Å²) in [5, 5.41) is 3.24. The zero-order valence-electron chi connectivity index (χ0n) is 15.7. The fourth-order valence-corrected chi connectivity index (χ4v) is 4.03. The van der Waals surface area contributed by atoms with Gasteiger partial charge in [0.25, 0.3) is 0 Å². The lowest BCUT2D eigenvalue weighted by Gasteiger charge is -2.33. The van der Waals surface area contributed by atoms with Crippen LogP contribution in [0.3, 0.4) is 0 Å². The average Bonchev–Trinajstić information content (AvgIpc) is 3.09. The highest BCUT2D eigenvalue weighted by atomic mass is 16.5. The van der Waals surface area contributed by atoms with Crippen molar-refractivity contribution in [3.8, 4) is 0 Å². The van der Waals surface area contributed by atoms with Crippen molar-refractivity contribution in [1.82, 2.24) is 10.2 Å². The normalized spacial score (nSPS) is 22.2. The second-order valence-electron chi connectivity index (χ2n) is 7.80. The number of nitrogens with zero attached hydrogens (tertiary/aromatic N) is 1. The third-order valence-corrected chi connectivity index (χ3v) is 5.61. The lowest BCUT2D eigenvalue weighted by Crippen LogP contribution is -2.45. The van der Waals surface area contributed by atoms with Crippen LogP contribution in [0.15, 0.2) is 18.2 Å². The summed E-state index contributed by atoms with van der Waals surface area (Å²) in [4.78, 5) is 14.8. The number of rotatable bonds is 6. The van der Waals surface area contributed by atoms with Crippen molar-refractivity contribution in [1.29, 1.82) is 0 Å². The van der Waals surface area contributed by atoms with Crippen LogP contribution in [0.5, 0.6) is 0 Å². The van der Waals surface area contributed by atoms with E-state index in [4.69, 9.17) is 4.74 Å². The standard InChI is InChI=1S/C21H32N2O2/c1-16-3-4-19(17(2)13-16)5-6-21(24)22-20-7-10-23(11-8-20)14-18-9-12-25-15-18/h3-4,13,18,20H,5-12,14-15H2,1-2H3,(H,22,24)/t18-/m0/s1. The van der Waals surface area contributed by atoms with Crippen molar-refractivity contribution in [2.24, 2.45) is 5.92 Å². The van der Waals surface area contributed by atoms with Gasteiger partial charge >= 0.3 is 0 Å². The average molecular weight is 344 g/mol. The summed E-state index contributed by atoms with van der Waals surface area (Å²) in [6.07, 6.45) is 4.77. The minimum absolute atomic E-state index is 0.197. The van der Waals surface area contributed by atoms with Crippen LogP contribution in [0.25, 0.3) is 0 Å². The summed E-state index contributed by atoms with van der Waals surface area (Å²) in [5.41, 5.74) is 3.85. The van der Waals surface area contributed by atoms with E-state index in [1.54, 1.807) is 0 Å². The van der Waals surface area contributed by atoms with Gasteiger partial charge in [0.15, 0.2) is 0 Å². The summed E-state index contributed by atoms with van der Waals surface area (Å²) in [6.45, 7) is 9.44. The monoisotopic (exact) mass is 344 g/mol. The van der Waals surface area contributed by atoms with Crippen LogP contribution in [0.2, 0.25) is 0 Å². The molecule has 0 saturated carbocycles. The van der Waals surface area contributed by atoms with Crippen LogP contribution in [-0.4, -0.2) is 49.7 Å². The molecular formula is C21H32N2O2. The summed E-state index contributed by atoms with van der Waals surface area (Å²) < 4.78 is 5.47. The topological polar surface area (TPSA) is 41.6 Å². The Balaban J connectivity index is 1.36. The number of likely N-dealkylation sites (tertiary alicyclic amines) is 1. The van der Waals surface area contributed by atoms with Gasteiger partial charge in [-0.3, -0.25) is 4.79 Å². The van der Waals surface area contributed by atoms with Crippen molar-refractivity contribution < 1.29 is 9.53 Å². The number of carbonyl (C=O) groups excluding carboxylic acids is 1. The van der Waals surface area contributed by atoms with Crippen molar-refractivity contribution in [3.05, 3.63) is 34.9 Å². The minimum atomic E-state index is 0.197. The van der Waals surface area contributed by atoms with E-state index in [-0.39, 0.29) is 5.91 Å². The first kappa shape index (κ1) is 18.4. The highest BCUT2D eigenvalue weighted by Crippen LogP contribution is 2.18. The van der Waals surface area contributed by atoms with E-state index >= 15 is 0 Å². The Kier molecular flexibility index (Phi) is 6.49. The van der Waals surface area contributed by atoms with Gasteiger partial charge in [-0.1, -0.05) is 23.8 Å². The van der Waals surface area contributed by atoms with E-state index < -0.39 is 0 Å². The molecule has 0 radical (unpaired) electrons. The molecule has 138 valence electrons. The number of hydrogen-bond acceptors (Lipinski definition) is 3. The number of amides is 1. The maximum Gasteiger partial charge on any atom is 0.220 e. The maximum atomic E-state index is 12.3. The predicted molar refractivity (Wildman–Crippen MR) is 101 cm³/mol. The molecule has 1 atom stereocenters. The zero-order chi connectivity index (χ0) is 17.6. The van der Waals surface area contributed by atoms with Crippen molar-refractivity contribution in [3.63, 3.8) is 0 Å². The van der Waals surface area contributed by atoms with Crippen LogP contribution in [0.4, 0.5) is 0 Å². The summed E-state index contributed by atoms with van der Waals surface area (Å²) in [5.74, 6) is 0.909. The summed E-state index contributed by atoms with van der Waals surface area (Å²) in [7, 11) is 0. The van der Waals surface area contributed by atoms with Crippen LogP contribution in [-0.2, 0) is 16.0 Å². The van der Waals surface area contributed by atoms with E-state index in [0.29, 0.717) is 18.4 Å². The van der Waals surface area contributed by atoms with E-state index in [9.17, 15) is 4.79 Å². The Morgan fingerprint density at radius 2 is 2.04 bits per heavy atom. The Morgan fingerprint density at radius 1 is 1.24 bits per heavy atom. The molecular weight excluding hydrogens is 312 g/mol. The van der Waals surface area contributed by atoms with Gasteiger partial charge in [-0.15, -0.1) is 0 Å². The molecule has 4 nitrogen and oxygen atoms in total. The number of piperidine rings is 1. The third kappa shape index (κ3) is 5.55. The van der Waals surface area contributed by atoms with E-state index in [1.807, 2.05) is 0 Å². The van der Waals surface area contributed by atoms with Gasteiger partial charge in [0, 0.05) is 38.7 Å². The molecule has 0 aromatic heterocycles. The van der Waals surface area contributed by atoms with Crippen molar-refractivity contribution in [2.45, 2.75) is 52.0 Å². The largest absolute Gasteiger partial charge is 0.381 e. The minimum Gasteiger partial charge on any atom is -0.381 e. The molecule has 3 rings (SSSR count). The van der Waals surface area contributed by atoms with Gasteiger partial charge in [-0.05, 0) is 56.6 Å². The molecule has 2 aliphatic rings. The molecule has 1 N–H and O–H groups in total. The maximum absolute atomic E-state index is 12.3. The summed E-state index contributed by atoms with van der Waals surface area (Å²) in [6, 6.07) is 6.83. The summed E-state index contributed by atoms with van der Waals surface area (Å²) >= 11 is 0. The molecule has 1 aromatic carbocycles. The van der Waals surface area contributed by atoms with Crippen LogP contribution < -0.4 is 5.32 Å². The Hall–Kier alpha value is -1.39. The van der Waals surface area contributed by atoms with E-state index in [1.165, 1.54) is 23.1 Å². The van der Waals surface area contributed by atoms with E-state index in [0.717, 1.165) is 52.1 Å². The third-order valence-electron chi connectivity index (χ3n) is 5.61. The first-order valence-electron chi connectivity index (χ1n) is 9.76. The molecule has 2 aliphatic heterocycles. The van der Waals surface area contributed by atoms with Crippen LogP contribution in [0.1, 0.15) is 42.4 Å². The molecule has 2 saturated heterocycles. The lowest BCUT2D eigenvalue weighted by atomic mass is 10.00. The molecule has 0 unspecified atom stereocenters. The molecule has 0 bridgehead atoms. The van der Waals surface area contributed by atoms with Gasteiger partial charge in [0.1, 0.15) is 0 Å². The number of benzene rings is 1. The second kappa shape index (κ2) is 8.81. The zero-order valence-corrected chi connectivity index (χ0v) is 15.7. The molecule has 2 heterocycles. The van der Waals surface area contributed by atoms with Gasteiger partial charge in [-0.25, -0.2) is 0 Å². The van der Waals surface area contributed by atoms with Gasteiger partial charge in [-0.2, -0.15) is 0 Å². The smallest absolute Gasteiger partial charge is 0.220 e. The fourth-order valence-electron chi connectivity index (χ4n) is 4.03. The first-order chi connectivity index (χ1) is 12.1. The quantitative estimate of drug-likeness (QED) is 0.863. The SMILES string of the molecule is Cc1ccc(CCC(=O)NC2CCN(C[C@@H]3CCOC3)CC2)c(C)c1. The molecule has 2 fully saturated rings. The molecule has 0 aliphatic carbocycles. The number of aryl methyl sites for hydroxylation is 3. The Bertz CT molecular complexity index is 573. The van der Waals surface area contributed by atoms with Gasteiger partial charge < -0.3 is 15.0 Å². The predicted octanol–water partition coefficient (Wildman–Crippen LogP) is 2.85. The Morgan fingerprint density at radius 3 is 2.72 bits per heavy atom. The highest BCUT2D eigenvalue weighted by molar-refractivity contribution is 5.76. The number of ether oxygens (including phenoxy) is 1. The highest BCUT2D eigenvalue weighted by Gasteiger charge is 2.24. The van der Waals surface area contributed by atoms with E-state index in [2.05, 4.69) is 42.3 Å². The fraction of sp³-hybridized carbons (Fsp3) is 0.667. The van der Waals surface area contributed by atoms with Gasteiger partial charge in [0.2, 0.25) is 5.91 Å². The number of hydrogen-bond donors (Lipinski definition) is 1. The van der Waals surface area contributed by atoms with Gasteiger partial charge in [0.05, 0.1) is 6.61 Å². The molecule has 4 heteroatoms. The molecule has 1 amide bonds. The molecule has 1 aromatic rings. The molecule has 25 heavy (non-hydrogen) atoms. The molecule has 0 spiro atoms. The second-order valence-corrected chi connectivity index (χ2v) is 7.80. The van der Waals surface area contributed by atoms with Crippen molar-refractivity contribution in [2.75, 3.05) is 32.8 Å². The Labute approximate surface area is 151 Å². The van der Waals surface area contributed by atoms with Crippen molar-refractivity contribution >= 4 is 5.91 Å². The lowest BCUT2D eigenvalue weighted by molar-refractivity contribution is -0.122. The van der Waals surface area contributed by atoms with Crippen LogP contribution in [0, 0.1) is 19.8 Å².